The summed E-state index contributed by atoms with van der Waals surface area (Å²) in [7, 11) is 0. The number of carbonyl (C=O) groups excluding carboxylic acids is 1. The third kappa shape index (κ3) is 2.85. The predicted molar refractivity (Wildman–Crippen MR) is 89.1 cm³/mol. The number of nitrogens with zero attached hydrogens (tertiary/aromatic N) is 3. The smallest absolute Gasteiger partial charge is 0.408 e. The van der Waals surface area contributed by atoms with Crippen LogP contribution in [0.1, 0.15) is 17.6 Å². The van der Waals surface area contributed by atoms with E-state index in [1.54, 1.807) is 35.4 Å². The van der Waals surface area contributed by atoms with Crippen LogP contribution in [0.5, 0.6) is 0 Å². The number of hydrogen-bond acceptors (Lipinski definition) is 5. The van der Waals surface area contributed by atoms with Crippen LogP contribution in [-0.4, -0.2) is 45.1 Å². The first-order valence-electron chi connectivity index (χ1n) is 8.10. The number of carbonyl (C=O) groups is 1. The summed E-state index contributed by atoms with van der Waals surface area (Å²) in [6.07, 6.45) is 1.72. The molecule has 1 aliphatic rings. The van der Waals surface area contributed by atoms with E-state index in [2.05, 4.69) is 9.97 Å². The van der Waals surface area contributed by atoms with Gasteiger partial charge < -0.3 is 19.0 Å². The fourth-order valence-corrected chi connectivity index (χ4v) is 3.12. The highest BCUT2D eigenvalue weighted by Gasteiger charge is 2.31. The molecule has 0 bridgehead atoms. The van der Waals surface area contributed by atoms with E-state index in [4.69, 9.17) is 9.15 Å². The Hall–Kier alpha value is -2.87. The van der Waals surface area contributed by atoms with Crippen LogP contribution in [0.2, 0.25) is 0 Å². The molecule has 1 saturated heterocycles. The van der Waals surface area contributed by atoms with Crippen LogP contribution in [0.3, 0.4) is 0 Å². The predicted octanol–water partition coefficient (Wildman–Crippen LogP) is 1.23. The molecule has 0 aliphatic carbocycles. The Morgan fingerprint density at radius 2 is 2.24 bits per heavy atom. The minimum Gasteiger partial charge on any atom is -0.408 e. The summed E-state index contributed by atoms with van der Waals surface area (Å²) in [5.41, 5.74) is 2.00. The maximum Gasteiger partial charge on any atom is 0.420 e. The second-order valence-corrected chi connectivity index (χ2v) is 6.05. The van der Waals surface area contributed by atoms with Crippen molar-refractivity contribution >= 4 is 17.0 Å². The summed E-state index contributed by atoms with van der Waals surface area (Å²) in [6, 6.07) is 6.78. The van der Waals surface area contributed by atoms with E-state index in [1.807, 2.05) is 6.92 Å². The SMILES string of the molecule is Cc1cnc([C@H]2COCCN2C(=O)Cn2c(=O)oc3ccccc32)[nH]1. The Balaban J connectivity index is 1.62. The quantitative estimate of drug-likeness (QED) is 0.773. The van der Waals surface area contributed by atoms with Gasteiger partial charge in [-0.25, -0.2) is 9.78 Å². The molecular formula is C17H18N4O4. The second-order valence-electron chi connectivity index (χ2n) is 6.05. The number of hydrogen-bond donors (Lipinski definition) is 1. The number of fused-ring (bicyclic) bond motifs is 1. The van der Waals surface area contributed by atoms with Gasteiger partial charge in [-0.3, -0.25) is 9.36 Å². The number of amides is 1. The molecule has 3 aromatic rings. The van der Waals surface area contributed by atoms with Crippen molar-refractivity contribution in [1.29, 1.82) is 0 Å². The molecule has 1 amide bonds. The lowest BCUT2D eigenvalue weighted by molar-refractivity contribution is -0.141. The average molecular weight is 342 g/mol. The zero-order valence-electron chi connectivity index (χ0n) is 13.8. The van der Waals surface area contributed by atoms with Crippen molar-refractivity contribution in [2.24, 2.45) is 0 Å². The van der Waals surface area contributed by atoms with E-state index >= 15 is 0 Å². The molecule has 4 rings (SSSR count). The van der Waals surface area contributed by atoms with Crippen molar-refractivity contribution in [3.8, 4) is 0 Å². The van der Waals surface area contributed by atoms with Crippen molar-refractivity contribution in [3.63, 3.8) is 0 Å². The highest BCUT2D eigenvalue weighted by Crippen LogP contribution is 2.22. The van der Waals surface area contributed by atoms with Gasteiger partial charge >= 0.3 is 5.76 Å². The average Bonchev–Trinajstić information content (AvgIpc) is 3.19. The number of H-pyrrole nitrogens is 1. The van der Waals surface area contributed by atoms with Crippen LogP contribution < -0.4 is 5.76 Å². The molecule has 8 nitrogen and oxygen atoms in total. The van der Waals surface area contributed by atoms with Gasteiger partial charge in [0.2, 0.25) is 5.91 Å². The fraction of sp³-hybridized carbons (Fsp3) is 0.353. The van der Waals surface area contributed by atoms with E-state index < -0.39 is 5.76 Å². The minimum absolute atomic E-state index is 0.0773. The summed E-state index contributed by atoms with van der Waals surface area (Å²) in [5.74, 6) is -0.0147. The lowest BCUT2D eigenvalue weighted by Gasteiger charge is -2.34. The van der Waals surface area contributed by atoms with Crippen LogP contribution >= 0.6 is 0 Å². The molecule has 8 heteroatoms. The van der Waals surface area contributed by atoms with Crippen molar-refractivity contribution < 1.29 is 13.9 Å². The lowest BCUT2D eigenvalue weighted by atomic mass is 10.2. The van der Waals surface area contributed by atoms with E-state index in [0.717, 1.165) is 5.69 Å². The van der Waals surface area contributed by atoms with Crippen LogP contribution in [0.25, 0.3) is 11.1 Å². The lowest BCUT2D eigenvalue weighted by Crippen LogP contribution is -2.45. The molecule has 1 fully saturated rings. The van der Waals surface area contributed by atoms with Gasteiger partial charge in [-0.2, -0.15) is 0 Å². The fourth-order valence-electron chi connectivity index (χ4n) is 3.12. The standard InChI is InChI=1S/C17H18N4O4/c1-11-8-18-16(19-11)13-10-24-7-6-20(13)15(22)9-21-12-4-2-3-5-14(12)25-17(21)23/h2-5,8,13H,6-7,9-10H2,1H3,(H,18,19)/t13-/m1/s1. The third-order valence-corrected chi connectivity index (χ3v) is 4.35. The van der Waals surface area contributed by atoms with Crippen molar-refractivity contribution in [2.45, 2.75) is 19.5 Å². The van der Waals surface area contributed by atoms with Gasteiger partial charge in [0.15, 0.2) is 5.58 Å². The van der Waals surface area contributed by atoms with Gasteiger partial charge in [0.25, 0.3) is 0 Å². The molecule has 25 heavy (non-hydrogen) atoms. The van der Waals surface area contributed by atoms with Gasteiger partial charge in [-0.05, 0) is 19.1 Å². The van der Waals surface area contributed by atoms with Gasteiger partial charge in [0.05, 0.1) is 18.7 Å². The van der Waals surface area contributed by atoms with E-state index in [9.17, 15) is 9.59 Å². The number of rotatable bonds is 3. The number of aryl methyl sites for hydroxylation is 1. The number of para-hydroxylation sites is 2. The third-order valence-electron chi connectivity index (χ3n) is 4.35. The number of nitrogens with one attached hydrogen (secondary N) is 1. The van der Waals surface area contributed by atoms with Crippen LogP contribution in [0, 0.1) is 6.92 Å². The molecule has 0 saturated carbocycles. The summed E-state index contributed by atoms with van der Waals surface area (Å²) in [6.45, 7) is 3.12. The number of oxazole rings is 1. The monoisotopic (exact) mass is 342 g/mol. The minimum atomic E-state index is -0.534. The molecular weight excluding hydrogens is 324 g/mol. The van der Waals surface area contributed by atoms with E-state index in [-0.39, 0.29) is 18.5 Å². The van der Waals surface area contributed by atoms with Crippen LogP contribution in [-0.2, 0) is 16.1 Å². The number of imidazole rings is 1. The molecule has 1 aliphatic heterocycles. The molecule has 0 spiro atoms. The largest absolute Gasteiger partial charge is 0.420 e. The number of ether oxygens (including phenoxy) is 1. The molecule has 3 heterocycles. The first-order chi connectivity index (χ1) is 12.1. The Morgan fingerprint density at radius 1 is 1.40 bits per heavy atom. The zero-order chi connectivity index (χ0) is 17.4. The van der Waals surface area contributed by atoms with Crippen molar-refractivity contribution in [2.75, 3.05) is 19.8 Å². The molecule has 0 unspecified atom stereocenters. The Kier molecular flexibility index (Phi) is 3.89. The Labute approximate surface area is 143 Å². The van der Waals surface area contributed by atoms with Crippen molar-refractivity contribution in [1.82, 2.24) is 19.4 Å². The zero-order valence-corrected chi connectivity index (χ0v) is 13.8. The summed E-state index contributed by atoms with van der Waals surface area (Å²) in [4.78, 5) is 34.2. The van der Waals surface area contributed by atoms with Gasteiger partial charge in [-0.15, -0.1) is 0 Å². The molecule has 130 valence electrons. The first kappa shape index (κ1) is 15.6. The Morgan fingerprint density at radius 3 is 3.04 bits per heavy atom. The topological polar surface area (TPSA) is 93.4 Å². The summed E-state index contributed by atoms with van der Waals surface area (Å²) in [5, 5.41) is 0. The Bertz CT molecular complexity index is 970. The molecule has 1 atom stereocenters. The second kappa shape index (κ2) is 6.21. The van der Waals surface area contributed by atoms with Crippen LogP contribution in [0.4, 0.5) is 0 Å². The number of aromatic amines is 1. The molecule has 2 aromatic heterocycles. The molecule has 0 radical (unpaired) electrons. The highest BCUT2D eigenvalue weighted by atomic mass is 16.5. The van der Waals surface area contributed by atoms with Crippen LogP contribution in [0.15, 0.2) is 39.7 Å². The number of benzene rings is 1. The van der Waals surface area contributed by atoms with E-state index in [1.165, 1.54) is 4.57 Å². The van der Waals surface area contributed by atoms with Gasteiger partial charge in [-0.1, -0.05) is 12.1 Å². The molecule has 1 N–H and O–H groups in total. The highest BCUT2D eigenvalue weighted by molar-refractivity contribution is 5.80. The summed E-state index contributed by atoms with van der Waals surface area (Å²) < 4.78 is 12.1. The number of morpholine rings is 1. The maximum absolute atomic E-state index is 12.9. The first-order valence-corrected chi connectivity index (χ1v) is 8.10. The number of aromatic nitrogens is 3. The normalized spacial score (nSPS) is 18.0. The van der Waals surface area contributed by atoms with Crippen molar-refractivity contribution in [3.05, 3.63) is 52.5 Å². The maximum atomic E-state index is 12.9. The van der Waals surface area contributed by atoms with Gasteiger partial charge in [0, 0.05) is 18.4 Å². The van der Waals surface area contributed by atoms with E-state index in [0.29, 0.717) is 36.7 Å². The van der Waals surface area contributed by atoms with Gasteiger partial charge in [0.1, 0.15) is 18.4 Å². The molecule has 1 aromatic carbocycles. The summed E-state index contributed by atoms with van der Waals surface area (Å²) >= 11 is 0.